The fraction of sp³-hybridized carbons (Fsp3) is 0.556. The first-order valence-corrected chi connectivity index (χ1v) is 13.1. The number of hydrogen-bond donors (Lipinski definition) is 0. The molecule has 0 atom stereocenters. The lowest BCUT2D eigenvalue weighted by atomic mass is 9.95. The van der Waals surface area contributed by atoms with Crippen molar-refractivity contribution in [1.82, 2.24) is 24.5 Å². The normalized spacial score (nSPS) is 17.3. The number of aromatic nitrogens is 2. The standard InChI is InChI=1S/C27H38N6O3/c1-3-11-33-25(34)18-24(19-28-33)31-12-9-23(10-13-31)27(36)29(2)21-26(35)32-16-14-30(15-17-32)20-22-7-5-4-6-8-22/h4-8,18-19,23H,3,9-17,20-21H2,1-2H3. The van der Waals surface area contributed by atoms with E-state index < -0.39 is 0 Å². The highest BCUT2D eigenvalue weighted by Crippen LogP contribution is 2.23. The van der Waals surface area contributed by atoms with E-state index in [0.717, 1.165) is 31.7 Å². The predicted molar refractivity (Wildman–Crippen MR) is 140 cm³/mol. The van der Waals surface area contributed by atoms with Crippen molar-refractivity contribution in [2.45, 2.75) is 39.3 Å². The summed E-state index contributed by atoms with van der Waals surface area (Å²) in [6, 6.07) is 12.0. The Morgan fingerprint density at radius 2 is 1.72 bits per heavy atom. The number of piperidine rings is 1. The lowest BCUT2D eigenvalue weighted by molar-refractivity contribution is -0.143. The largest absolute Gasteiger partial charge is 0.370 e. The van der Waals surface area contributed by atoms with Gasteiger partial charge in [-0.1, -0.05) is 37.3 Å². The first-order chi connectivity index (χ1) is 17.4. The Balaban J connectivity index is 1.21. The van der Waals surface area contributed by atoms with Gasteiger partial charge in [0.1, 0.15) is 0 Å². The molecule has 0 N–H and O–H groups in total. The van der Waals surface area contributed by atoms with Crippen molar-refractivity contribution < 1.29 is 9.59 Å². The topological polar surface area (TPSA) is 82.0 Å². The van der Waals surface area contributed by atoms with Crippen LogP contribution in [0.2, 0.25) is 0 Å². The average molecular weight is 495 g/mol. The number of rotatable bonds is 8. The molecule has 1 aromatic heterocycles. The number of nitrogens with zero attached hydrogens (tertiary/aromatic N) is 6. The van der Waals surface area contributed by atoms with Gasteiger partial charge < -0.3 is 14.7 Å². The Labute approximate surface area is 213 Å². The third kappa shape index (κ3) is 6.51. The van der Waals surface area contributed by atoms with Gasteiger partial charge in [-0.25, -0.2) is 4.68 Å². The Hall–Kier alpha value is -3.20. The summed E-state index contributed by atoms with van der Waals surface area (Å²) in [5, 5.41) is 4.27. The van der Waals surface area contributed by atoms with E-state index in [2.05, 4.69) is 39.2 Å². The number of amides is 2. The fourth-order valence-corrected chi connectivity index (χ4v) is 5.05. The van der Waals surface area contributed by atoms with Gasteiger partial charge in [-0.2, -0.15) is 5.10 Å². The van der Waals surface area contributed by atoms with Gasteiger partial charge in [-0.15, -0.1) is 0 Å². The molecule has 0 aliphatic carbocycles. The van der Waals surface area contributed by atoms with Gasteiger partial charge in [0, 0.05) is 71.4 Å². The van der Waals surface area contributed by atoms with Crippen LogP contribution in [0.25, 0.3) is 0 Å². The number of carbonyl (C=O) groups is 2. The zero-order valence-electron chi connectivity index (χ0n) is 21.5. The van der Waals surface area contributed by atoms with Crippen LogP contribution >= 0.6 is 0 Å². The second-order valence-electron chi connectivity index (χ2n) is 9.87. The van der Waals surface area contributed by atoms with Gasteiger partial charge in [0.25, 0.3) is 5.56 Å². The number of benzene rings is 1. The Morgan fingerprint density at radius 3 is 2.36 bits per heavy atom. The Kier molecular flexibility index (Phi) is 8.74. The van der Waals surface area contributed by atoms with Gasteiger partial charge in [-0.05, 0) is 24.8 Å². The number of likely N-dealkylation sites (N-methyl/N-ethyl adjacent to an activating group) is 1. The molecule has 2 aromatic rings. The molecule has 4 rings (SSSR count). The molecule has 0 saturated carbocycles. The number of hydrogen-bond acceptors (Lipinski definition) is 6. The third-order valence-electron chi connectivity index (χ3n) is 7.22. The smallest absolute Gasteiger partial charge is 0.268 e. The summed E-state index contributed by atoms with van der Waals surface area (Å²) in [5.74, 6) is -0.0567. The molecule has 2 aliphatic rings. The fourth-order valence-electron chi connectivity index (χ4n) is 5.05. The van der Waals surface area contributed by atoms with Crippen molar-refractivity contribution in [3.05, 3.63) is 58.5 Å². The van der Waals surface area contributed by atoms with Crippen LogP contribution in [0.3, 0.4) is 0 Å². The molecule has 0 unspecified atom stereocenters. The van der Waals surface area contributed by atoms with Crippen LogP contribution in [-0.4, -0.2) is 89.2 Å². The highest BCUT2D eigenvalue weighted by Gasteiger charge is 2.30. The van der Waals surface area contributed by atoms with Gasteiger partial charge in [-0.3, -0.25) is 19.3 Å². The van der Waals surface area contributed by atoms with E-state index in [9.17, 15) is 14.4 Å². The van der Waals surface area contributed by atoms with E-state index in [1.54, 1.807) is 24.2 Å². The van der Waals surface area contributed by atoms with Crippen molar-refractivity contribution in [2.75, 3.05) is 57.8 Å². The zero-order valence-corrected chi connectivity index (χ0v) is 21.5. The lowest BCUT2D eigenvalue weighted by Crippen LogP contribution is -2.51. The number of piperazine rings is 1. The maximum absolute atomic E-state index is 13.0. The van der Waals surface area contributed by atoms with Crippen molar-refractivity contribution in [3.63, 3.8) is 0 Å². The number of carbonyl (C=O) groups excluding carboxylic acids is 2. The van der Waals surface area contributed by atoms with Crippen molar-refractivity contribution >= 4 is 17.5 Å². The molecule has 3 heterocycles. The maximum atomic E-state index is 13.0. The van der Waals surface area contributed by atoms with E-state index >= 15 is 0 Å². The van der Waals surface area contributed by atoms with Crippen LogP contribution in [0.4, 0.5) is 5.69 Å². The summed E-state index contributed by atoms with van der Waals surface area (Å²) < 4.78 is 1.48. The first kappa shape index (κ1) is 25.9. The van der Waals surface area contributed by atoms with E-state index in [1.165, 1.54) is 10.2 Å². The van der Waals surface area contributed by atoms with E-state index in [-0.39, 0.29) is 29.8 Å². The molecule has 2 amide bonds. The monoisotopic (exact) mass is 494 g/mol. The molecule has 9 heteroatoms. The van der Waals surface area contributed by atoms with Crippen LogP contribution in [0, 0.1) is 5.92 Å². The second-order valence-corrected chi connectivity index (χ2v) is 9.87. The molecule has 0 radical (unpaired) electrons. The molecule has 2 saturated heterocycles. The highest BCUT2D eigenvalue weighted by atomic mass is 16.2. The first-order valence-electron chi connectivity index (χ1n) is 13.1. The number of anilines is 1. The third-order valence-corrected chi connectivity index (χ3v) is 7.22. The minimum Gasteiger partial charge on any atom is -0.370 e. The molecule has 36 heavy (non-hydrogen) atoms. The summed E-state index contributed by atoms with van der Waals surface area (Å²) >= 11 is 0. The SMILES string of the molecule is CCCn1ncc(N2CCC(C(=O)N(C)CC(=O)N3CCN(Cc4ccccc4)CC3)CC2)cc1=O. The van der Waals surface area contributed by atoms with E-state index in [0.29, 0.717) is 45.6 Å². The zero-order chi connectivity index (χ0) is 25.5. The molecule has 2 fully saturated rings. The van der Waals surface area contributed by atoms with Crippen LogP contribution < -0.4 is 10.5 Å². The Morgan fingerprint density at radius 1 is 1.03 bits per heavy atom. The van der Waals surface area contributed by atoms with Gasteiger partial charge in [0.15, 0.2) is 0 Å². The maximum Gasteiger partial charge on any atom is 0.268 e. The minimum atomic E-state index is -0.102. The van der Waals surface area contributed by atoms with E-state index in [1.807, 2.05) is 17.9 Å². The summed E-state index contributed by atoms with van der Waals surface area (Å²) in [6.07, 6.45) is 4.00. The summed E-state index contributed by atoms with van der Waals surface area (Å²) in [5.41, 5.74) is 2.01. The molecule has 9 nitrogen and oxygen atoms in total. The highest BCUT2D eigenvalue weighted by molar-refractivity contribution is 5.86. The van der Waals surface area contributed by atoms with E-state index in [4.69, 9.17) is 0 Å². The number of aryl methyl sites for hydroxylation is 1. The molecular formula is C27H38N6O3. The molecule has 2 aliphatic heterocycles. The summed E-state index contributed by atoms with van der Waals surface area (Å²) in [4.78, 5) is 46.1. The second kappa shape index (κ2) is 12.2. The average Bonchev–Trinajstić information content (AvgIpc) is 2.90. The minimum absolute atomic E-state index is 0.0152. The van der Waals surface area contributed by atoms with Crippen molar-refractivity contribution in [1.29, 1.82) is 0 Å². The van der Waals surface area contributed by atoms with Crippen molar-refractivity contribution in [2.24, 2.45) is 5.92 Å². The molecule has 194 valence electrons. The molecule has 1 aromatic carbocycles. The van der Waals surface area contributed by atoms with Crippen molar-refractivity contribution in [3.8, 4) is 0 Å². The van der Waals surface area contributed by atoms with Crippen LogP contribution in [0.15, 0.2) is 47.4 Å². The van der Waals surface area contributed by atoms with Gasteiger partial charge in [0.05, 0.1) is 18.4 Å². The summed E-state index contributed by atoms with van der Waals surface area (Å²) in [7, 11) is 1.73. The Bertz CT molecular complexity index is 1070. The van der Waals surface area contributed by atoms with Crippen LogP contribution in [-0.2, 0) is 22.7 Å². The molecular weight excluding hydrogens is 456 g/mol. The predicted octanol–water partition coefficient (Wildman–Crippen LogP) is 1.67. The van der Waals surface area contributed by atoms with Crippen LogP contribution in [0.1, 0.15) is 31.7 Å². The van der Waals surface area contributed by atoms with Gasteiger partial charge >= 0.3 is 0 Å². The molecule has 0 spiro atoms. The molecule has 0 bridgehead atoms. The van der Waals surface area contributed by atoms with Crippen LogP contribution in [0.5, 0.6) is 0 Å². The van der Waals surface area contributed by atoms with Gasteiger partial charge in [0.2, 0.25) is 11.8 Å². The lowest BCUT2D eigenvalue weighted by Gasteiger charge is -2.36. The quantitative estimate of drug-likeness (QED) is 0.555. The summed E-state index contributed by atoms with van der Waals surface area (Å²) in [6.45, 7) is 8.11.